The molecule has 2 amide bonds. The van der Waals surface area contributed by atoms with E-state index in [0.29, 0.717) is 5.69 Å². The first kappa shape index (κ1) is 21.8. The lowest BCUT2D eigenvalue weighted by Crippen LogP contribution is -2.32. The lowest BCUT2D eigenvalue weighted by Gasteiger charge is -2.09. The van der Waals surface area contributed by atoms with Crippen molar-refractivity contribution in [1.29, 1.82) is 0 Å². The van der Waals surface area contributed by atoms with Crippen LogP contribution < -0.4 is 15.4 Å². The fraction of sp³-hybridized carbons (Fsp3) is 0.167. The molecule has 0 aliphatic carbocycles. The Labute approximate surface area is 189 Å². The van der Waals surface area contributed by atoms with Crippen molar-refractivity contribution < 1.29 is 19.2 Å². The SMILES string of the molecule is CCn1c2ccccc2c2cc(NC(=O)CNC(=O)c3ccc(OC)c([N+](=O)[O-])c3)ccc21. The maximum atomic E-state index is 12.4. The molecule has 0 saturated heterocycles. The van der Waals surface area contributed by atoms with Gasteiger partial charge in [-0.15, -0.1) is 0 Å². The number of nitrogens with zero attached hydrogens (tertiary/aromatic N) is 2. The molecule has 0 aliphatic rings. The van der Waals surface area contributed by atoms with Crippen molar-refractivity contribution >= 4 is 45.0 Å². The van der Waals surface area contributed by atoms with Gasteiger partial charge in [0, 0.05) is 45.7 Å². The number of rotatable bonds is 7. The first-order valence-corrected chi connectivity index (χ1v) is 10.3. The van der Waals surface area contributed by atoms with Gasteiger partial charge < -0.3 is 19.9 Å². The van der Waals surface area contributed by atoms with Gasteiger partial charge in [0.1, 0.15) is 0 Å². The number of fused-ring (bicyclic) bond motifs is 3. The number of aryl methyl sites for hydroxylation is 1. The van der Waals surface area contributed by atoms with Gasteiger partial charge in [0.2, 0.25) is 5.91 Å². The highest BCUT2D eigenvalue weighted by atomic mass is 16.6. The second-order valence-corrected chi connectivity index (χ2v) is 7.37. The molecule has 9 nitrogen and oxygen atoms in total. The second kappa shape index (κ2) is 8.99. The minimum Gasteiger partial charge on any atom is -0.490 e. The number of para-hydroxylation sites is 1. The van der Waals surface area contributed by atoms with Gasteiger partial charge >= 0.3 is 5.69 Å². The largest absolute Gasteiger partial charge is 0.490 e. The van der Waals surface area contributed by atoms with Gasteiger partial charge in [0.05, 0.1) is 18.6 Å². The summed E-state index contributed by atoms with van der Waals surface area (Å²) in [6.45, 7) is 2.63. The Hall–Kier alpha value is -4.40. The molecule has 0 spiro atoms. The minimum absolute atomic E-state index is 0.0501. The van der Waals surface area contributed by atoms with E-state index >= 15 is 0 Å². The quantitative estimate of drug-likeness (QED) is 0.328. The van der Waals surface area contributed by atoms with E-state index in [2.05, 4.69) is 28.2 Å². The van der Waals surface area contributed by atoms with Gasteiger partial charge in [-0.2, -0.15) is 0 Å². The highest BCUT2D eigenvalue weighted by Crippen LogP contribution is 2.31. The van der Waals surface area contributed by atoms with Crippen LogP contribution in [0.1, 0.15) is 17.3 Å². The standard InChI is InChI=1S/C24H22N4O5/c1-3-27-19-7-5-4-6-17(19)18-13-16(9-10-20(18)27)26-23(29)14-25-24(30)15-8-11-22(33-2)21(12-15)28(31)32/h4-13H,3,14H2,1-2H3,(H,25,30)(H,26,29). The molecule has 2 N–H and O–H groups in total. The van der Waals surface area contributed by atoms with E-state index < -0.39 is 16.7 Å². The fourth-order valence-corrected chi connectivity index (χ4v) is 3.91. The number of carbonyl (C=O) groups is 2. The van der Waals surface area contributed by atoms with E-state index in [1.165, 1.54) is 19.2 Å². The van der Waals surface area contributed by atoms with Crippen LogP contribution in [-0.2, 0) is 11.3 Å². The third kappa shape index (κ3) is 4.20. The van der Waals surface area contributed by atoms with Gasteiger partial charge in [-0.3, -0.25) is 19.7 Å². The Kier molecular flexibility index (Phi) is 5.95. The molecule has 0 aliphatic heterocycles. The molecule has 0 atom stereocenters. The molecule has 0 radical (unpaired) electrons. The van der Waals surface area contributed by atoms with Crippen LogP contribution in [0.25, 0.3) is 21.8 Å². The number of methoxy groups -OCH3 is 1. The number of nitrogens with one attached hydrogen (secondary N) is 2. The normalized spacial score (nSPS) is 10.8. The maximum Gasteiger partial charge on any atom is 0.311 e. The first-order valence-electron chi connectivity index (χ1n) is 10.3. The summed E-state index contributed by atoms with van der Waals surface area (Å²) in [4.78, 5) is 35.3. The smallest absolute Gasteiger partial charge is 0.311 e. The van der Waals surface area contributed by atoms with Crippen molar-refractivity contribution in [2.45, 2.75) is 13.5 Å². The summed E-state index contributed by atoms with van der Waals surface area (Å²) < 4.78 is 7.15. The molecule has 4 rings (SSSR count). The van der Waals surface area contributed by atoms with Gasteiger partial charge in [0.25, 0.3) is 5.91 Å². The minimum atomic E-state index is -0.631. The lowest BCUT2D eigenvalue weighted by molar-refractivity contribution is -0.385. The topological polar surface area (TPSA) is 116 Å². The second-order valence-electron chi connectivity index (χ2n) is 7.37. The van der Waals surface area contributed by atoms with E-state index in [9.17, 15) is 19.7 Å². The lowest BCUT2D eigenvalue weighted by atomic mass is 10.1. The Morgan fingerprint density at radius 1 is 1.03 bits per heavy atom. The maximum absolute atomic E-state index is 12.4. The Morgan fingerprint density at radius 3 is 2.52 bits per heavy atom. The number of aromatic nitrogens is 1. The average molecular weight is 446 g/mol. The predicted octanol–water partition coefficient (Wildman–Crippen LogP) is 4.10. The van der Waals surface area contributed by atoms with E-state index in [4.69, 9.17) is 4.74 Å². The summed E-state index contributed by atoms with van der Waals surface area (Å²) >= 11 is 0. The Balaban J connectivity index is 1.47. The predicted molar refractivity (Wildman–Crippen MR) is 126 cm³/mol. The third-order valence-corrected chi connectivity index (χ3v) is 5.42. The van der Waals surface area contributed by atoms with Crippen molar-refractivity contribution in [3.05, 3.63) is 76.3 Å². The third-order valence-electron chi connectivity index (χ3n) is 5.42. The van der Waals surface area contributed by atoms with Gasteiger partial charge in [-0.1, -0.05) is 18.2 Å². The number of hydrogen-bond donors (Lipinski definition) is 2. The van der Waals surface area contributed by atoms with E-state index in [0.717, 1.165) is 34.4 Å². The molecule has 1 heterocycles. The number of nitro groups is 1. The Morgan fingerprint density at radius 2 is 1.79 bits per heavy atom. The summed E-state index contributed by atoms with van der Waals surface area (Å²) in [5.74, 6) is -0.962. The molecule has 0 bridgehead atoms. The Bertz CT molecular complexity index is 1390. The number of nitro benzene ring substituents is 1. The number of benzene rings is 3. The molecule has 0 fully saturated rings. The average Bonchev–Trinajstić information content (AvgIpc) is 3.15. The van der Waals surface area contributed by atoms with Crippen LogP contribution in [-0.4, -0.2) is 35.0 Å². The fourth-order valence-electron chi connectivity index (χ4n) is 3.91. The summed E-state index contributed by atoms with van der Waals surface area (Å²) in [6, 6.07) is 17.6. The van der Waals surface area contributed by atoms with Gasteiger partial charge in [0.15, 0.2) is 5.75 Å². The first-order chi connectivity index (χ1) is 15.9. The number of anilines is 1. The number of carbonyl (C=O) groups excluding carboxylic acids is 2. The van der Waals surface area contributed by atoms with E-state index in [1.54, 1.807) is 0 Å². The molecule has 4 aromatic rings. The van der Waals surface area contributed by atoms with E-state index in [1.807, 2.05) is 36.4 Å². The number of ether oxygens (including phenoxy) is 1. The summed E-state index contributed by atoms with van der Waals surface area (Å²) in [7, 11) is 1.31. The number of hydrogen-bond acceptors (Lipinski definition) is 5. The molecule has 0 unspecified atom stereocenters. The van der Waals surface area contributed by atoms with Crippen LogP contribution in [0.4, 0.5) is 11.4 Å². The van der Waals surface area contributed by atoms with Crippen LogP contribution in [0.3, 0.4) is 0 Å². The highest BCUT2D eigenvalue weighted by Gasteiger charge is 2.18. The highest BCUT2D eigenvalue weighted by molar-refractivity contribution is 6.10. The summed E-state index contributed by atoms with van der Waals surface area (Å²) in [5.41, 5.74) is 2.55. The molecule has 33 heavy (non-hydrogen) atoms. The van der Waals surface area contributed by atoms with Crippen molar-refractivity contribution in [2.75, 3.05) is 19.0 Å². The van der Waals surface area contributed by atoms with Crippen LogP contribution in [0.5, 0.6) is 5.75 Å². The molecule has 168 valence electrons. The van der Waals surface area contributed by atoms with Crippen LogP contribution in [0.2, 0.25) is 0 Å². The molecular formula is C24H22N4O5. The van der Waals surface area contributed by atoms with Gasteiger partial charge in [-0.25, -0.2) is 0 Å². The van der Waals surface area contributed by atoms with Crippen LogP contribution in [0, 0.1) is 10.1 Å². The van der Waals surface area contributed by atoms with E-state index in [-0.39, 0.29) is 23.5 Å². The molecular weight excluding hydrogens is 424 g/mol. The van der Waals surface area contributed by atoms with Crippen molar-refractivity contribution in [3.63, 3.8) is 0 Å². The van der Waals surface area contributed by atoms with Gasteiger partial charge in [-0.05, 0) is 43.3 Å². The molecule has 9 heteroatoms. The zero-order valence-electron chi connectivity index (χ0n) is 18.1. The van der Waals surface area contributed by atoms with Crippen molar-refractivity contribution in [3.8, 4) is 5.75 Å². The molecule has 3 aromatic carbocycles. The molecule has 0 saturated carbocycles. The zero-order chi connectivity index (χ0) is 23.5. The monoisotopic (exact) mass is 446 g/mol. The summed E-state index contributed by atoms with van der Waals surface area (Å²) in [5, 5.41) is 18.5. The number of amides is 2. The van der Waals surface area contributed by atoms with Crippen molar-refractivity contribution in [2.24, 2.45) is 0 Å². The van der Waals surface area contributed by atoms with Crippen molar-refractivity contribution in [1.82, 2.24) is 9.88 Å². The van der Waals surface area contributed by atoms with Crippen LogP contribution in [0.15, 0.2) is 60.7 Å². The van der Waals surface area contributed by atoms with Crippen LogP contribution >= 0.6 is 0 Å². The zero-order valence-corrected chi connectivity index (χ0v) is 18.1. The molecule has 1 aromatic heterocycles. The summed E-state index contributed by atoms with van der Waals surface area (Å²) in [6.07, 6.45) is 0.